The Bertz CT molecular complexity index is 873. The lowest BCUT2D eigenvalue weighted by Gasteiger charge is -2.26. The van der Waals surface area contributed by atoms with E-state index in [9.17, 15) is 13.2 Å². The molecule has 2 rings (SSSR count). The molecule has 6 nitrogen and oxygen atoms in total. The van der Waals surface area contributed by atoms with Crippen LogP contribution in [0.25, 0.3) is 0 Å². The average molecular weight is 383 g/mol. The minimum Gasteiger partial charge on any atom is -0.496 e. The lowest BCUT2D eigenvalue weighted by Crippen LogP contribution is -2.34. The molecule has 0 amide bonds. The van der Waals surface area contributed by atoms with E-state index < -0.39 is 10.0 Å². The summed E-state index contributed by atoms with van der Waals surface area (Å²) >= 11 is 1.15. The first-order chi connectivity index (χ1) is 11.7. The van der Waals surface area contributed by atoms with Crippen LogP contribution in [0.4, 0.5) is 5.69 Å². The fourth-order valence-corrected chi connectivity index (χ4v) is 5.70. The van der Waals surface area contributed by atoms with Gasteiger partial charge >= 0.3 is 0 Å². The second kappa shape index (κ2) is 7.53. The summed E-state index contributed by atoms with van der Waals surface area (Å²) in [6.45, 7) is 7.65. The number of hydrogen-bond acceptors (Lipinski definition) is 6. The van der Waals surface area contributed by atoms with Crippen molar-refractivity contribution in [3.05, 3.63) is 34.5 Å². The molecule has 1 aromatic heterocycles. The first kappa shape index (κ1) is 19.4. The molecule has 136 valence electrons. The van der Waals surface area contributed by atoms with Crippen LogP contribution in [0.5, 0.6) is 5.75 Å². The summed E-state index contributed by atoms with van der Waals surface area (Å²) in [4.78, 5) is 15.5. The molecule has 0 aliphatic rings. The number of carbonyl (C=O) groups excluding carboxylic acids is 1. The van der Waals surface area contributed by atoms with Crippen molar-refractivity contribution in [2.24, 2.45) is 5.92 Å². The Kier molecular flexibility index (Phi) is 5.84. The van der Waals surface area contributed by atoms with E-state index in [1.165, 1.54) is 17.5 Å². The molecule has 2 aromatic rings. The highest BCUT2D eigenvalue weighted by Gasteiger charge is 2.30. The fourth-order valence-electron chi connectivity index (χ4n) is 2.49. The molecule has 25 heavy (non-hydrogen) atoms. The molecule has 0 aliphatic carbocycles. The zero-order chi connectivity index (χ0) is 18.8. The van der Waals surface area contributed by atoms with E-state index in [0.29, 0.717) is 40.5 Å². The molecule has 0 atom stereocenters. The van der Waals surface area contributed by atoms with Gasteiger partial charge in [-0.25, -0.2) is 13.4 Å². The number of aldehydes is 1. The molecule has 0 aliphatic heterocycles. The Morgan fingerprint density at radius 3 is 2.48 bits per heavy atom. The molecule has 0 bridgehead atoms. The summed E-state index contributed by atoms with van der Waals surface area (Å²) in [6.07, 6.45) is 0.657. The molecule has 0 spiro atoms. The number of rotatable bonds is 7. The third-order valence-electron chi connectivity index (χ3n) is 3.54. The van der Waals surface area contributed by atoms with Crippen molar-refractivity contribution in [1.82, 2.24) is 4.98 Å². The SMILES string of the molecule is COc1ccc(N(CC(C)C)S(=O)(=O)c2sc(C)nc2C)cc1C=O. The van der Waals surface area contributed by atoms with Crippen LogP contribution >= 0.6 is 11.3 Å². The molecule has 1 aromatic carbocycles. The highest BCUT2D eigenvalue weighted by molar-refractivity contribution is 7.94. The summed E-state index contributed by atoms with van der Waals surface area (Å²) in [6, 6.07) is 4.79. The molecule has 0 saturated heterocycles. The van der Waals surface area contributed by atoms with Gasteiger partial charge in [0.25, 0.3) is 10.0 Å². The highest BCUT2D eigenvalue weighted by atomic mass is 32.2. The van der Waals surface area contributed by atoms with Crippen molar-refractivity contribution >= 4 is 33.3 Å². The van der Waals surface area contributed by atoms with Crippen LogP contribution in [0.15, 0.2) is 22.4 Å². The number of aryl methyl sites for hydroxylation is 2. The summed E-state index contributed by atoms with van der Waals surface area (Å²) < 4.78 is 33.2. The number of hydrogen-bond donors (Lipinski definition) is 0. The highest BCUT2D eigenvalue weighted by Crippen LogP contribution is 2.32. The van der Waals surface area contributed by atoms with Gasteiger partial charge in [-0.15, -0.1) is 11.3 Å². The average Bonchev–Trinajstić information content (AvgIpc) is 2.91. The van der Waals surface area contributed by atoms with Gasteiger partial charge in [0.2, 0.25) is 0 Å². The summed E-state index contributed by atoms with van der Waals surface area (Å²) in [5.41, 5.74) is 1.23. The van der Waals surface area contributed by atoms with Gasteiger partial charge < -0.3 is 4.74 Å². The number of aromatic nitrogens is 1. The predicted molar refractivity (Wildman–Crippen MR) is 99.3 cm³/mol. The molecule has 0 unspecified atom stereocenters. The molecule has 0 saturated carbocycles. The maximum atomic E-state index is 13.2. The first-order valence-corrected chi connectivity index (χ1v) is 10.1. The van der Waals surface area contributed by atoms with E-state index in [1.54, 1.807) is 26.0 Å². The minimum absolute atomic E-state index is 0.103. The third kappa shape index (κ3) is 4.01. The number of anilines is 1. The Morgan fingerprint density at radius 2 is 2.00 bits per heavy atom. The van der Waals surface area contributed by atoms with Crippen LogP contribution in [0.1, 0.15) is 34.9 Å². The summed E-state index contributed by atoms with van der Waals surface area (Å²) in [5, 5.41) is 0.698. The predicted octanol–water partition coefficient (Wildman–Crippen LogP) is 3.43. The second-order valence-corrected chi connectivity index (χ2v) is 9.34. The number of ether oxygens (including phenoxy) is 1. The van der Waals surface area contributed by atoms with Gasteiger partial charge in [-0.3, -0.25) is 9.10 Å². The number of nitrogens with zero attached hydrogens (tertiary/aromatic N) is 2. The van der Waals surface area contributed by atoms with E-state index in [0.717, 1.165) is 11.3 Å². The topological polar surface area (TPSA) is 76.6 Å². The zero-order valence-electron chi connectivity index (χ0n) is 14.9. The molecule has 0 N–H and O–H groups in total. The van der Waals surface area contributed by atoms with Gasteiger partial charge in [0.15, 0.2) is 10.5 Å². The van der Waals surface area contributed by atoms with Crippen molar-refractivity contribution < 1.29 is 17.9 Å². The Labute approximate surface area is 152 Å². The Hall–Kier alpha value is -1.93. The molecule has 1 heterocycles. The molecular formula is C17H22N2O4S2. The number of methoxy groups -OCH3 is 1. The van der Waals surface area contributed by atoms with E-state index >= 15 is 0 Å². The largest absolute Gasteiger partial charge is 0.496 e. The fraction of sp³-hybridized carbons (Fsp3) is 0.412. The van der Waals surface area contributed by atoms with E-state index in [4.69, 9.17) is 4.74 Å². The number of carbonyl (C=O) groups is 1. The van der Waals surface area contributed by atoms with Gasteiger partial charge in [0.1, 0.15) is 5.75 Å². The van der Waals surface area contributed by atoms with Crippen LogP contribution < -0.4 is 9.04 Å². The van der Waals surface area contributed by atoms with E-state index in [1.807, 2.05) is 13.8 Å². The van der Waals surface area contributed by atoms with E-state index in [-0.39, 0.29) is 10.1 Å². The van der Waals surface area contributed by atoms with Crippen molar-refractivity contribution in [2.45, 2.75) is 31.9 Å². The van der Waals surface area contributed by atoms with Gasteiger partial charge in [0, 0.05) is 6.54 Å². The van der Waals surface area contributed by atoms with Gasteiger partial charge in [0.05, 0.1) is 29.1 Å². The molecule has 0 radical (unpaired) electrons. The molecular weight excluding hydrogens is 360 g/mol. The zero-order valence-corrected chi connectivity index (χ0v) is 16.6. The Balaban J connectivity index is 2.60. The monoisotopic (exact) mass is 382 g/mol. The number of benzene rings is 1. The van der Waals surface area contributed by atoms with Crippen LogP contribution in [-0.4, -0.2) is 33.3 Å². The minimum atomic E-state index is -3.77. The van der Waals surface area contributed by atoms with Gasteiger partial charge in [-0.2, -0.15) is 0 Å². The van der Waals surface area contributed by atoms with Gasteiger partial charge in [-0.05, 0) is 38.0 Å². The second-order valence-electron chi connectivity index (χ2n) is 6.08. The van der Waals surface area contributed by atoms with Crippen LogP contribution in [0, 0.1) is 19.8 Å². The van der Waals surface area contributed by atoms with E-state index in [2.05, 4.69) is 4.98 Å². The van der Waals surface area contributed by atoms with Crippen molar-refractivity contribution in [3.8, 4) is 5.75 Å². The lowest BCUT2D eigenvalue weighted by atomic mass is 10.1. The maximum Gasteiger partial charge on any atom is 0.275 e. The van der Waals surface area contributed by atoms with Crippen molar-refractivity contribution in [2.75, 3.05) is 18.0 Å². The standard InChI is InChI=1S/C17H22N2O4S2/c1-11(2)9-19(15-6-7-16(23-5)14(8-15)10-20)25(21,22)17-12(3)18-13(4)24-17/h6-8,10-11H,9H2,1-5H3. The summed E-state index contributed by atoms with van der Waals surface area (Å²) in [7, 11) is -2.30. The summed E-state index contributed by atoms with van der Waals surface area (Å²) in [5.74, 6) is 0.511. The molecule has 8 heteroatoms. The number of thiazole rings is 1. The first-order valence-electron chi connectivity index (χ1n) is 7.80. The van der Waals surface area contributed by atoms with Gasteiger partial charge in [-0.1, -0.05) is 13.8 Å². The molecule has 0 fully saturated rings. The van der Waals surface area contributed by atoms with Crippen LogP contribution in [0.3, 0.4) is 0 Å². The van der Waals surface area contributed by atoms with Crippen molar-refractivity contribution in [3.63, 3.8) is 0 Å². The van der Waals surface area contributed by atoms with Crippen molar-refractivity contribution in [1.29, 1.82) is 0 Å². The normalized spacial score (nSPS) is 11.6. The van der Waals surface area contributed by atoms with Crippen LogP contribution in [-0.2, 0) is 10.0 Å². The van der Waals surface area contributed by atoms with Crippen LogP contribution in [0.2, 0.25) is 0 Å². The maximum absolute atomic E-state index is 13.2. The Morgan fingerprint density at radius 1 is 1.32 bits per heavy atom. The third-order valence-corrected chi connectivity index (χ3v) is 7.00. The quantitative estimate of drug-likeness (QED) is 0.686. The number of sulfonamides is 1. The lowest BCUT2D eigenvalue weighted by molar-refractivity contribution is 0.112. The smallest absolute Gasteiger partial charge is 0.275 e.